The fraction of sp³-hybridized carbons (Fsp3) is 0.439. The standard InChI is InChI=1S/C98H113BrN2O8S3/c1-11-13-15-17-19-21-23-25-29-33-53-107-67-56-66(57-68(59-67)108-54-34-30-26-24-22-20-18-16-14-12-2)98(106)109-55-35-31-27-28-32-38-65-58-78-88-75(94(102)100(96(78)104)92-69(61(3)4)39-36-40-70(92)62(5)6)46-44-74-87-77(80-47-48-81(110-80)82-49-50-83(111-82)84-51-52-85(99)112-84)60-79-89-76(45-43-73(91(87)89)86(65)90(74)88)95(103)101(97(79)105)93-71(63(7)8)41-37-42-72(93)64(9)10/h36-37,39-52,56-64H,11-35,38,53-55H2,1-10H3. The maximum atomic E-state index is 16.2. The smallest absolute Gasteiger partial charge is 0.338 e. The summed E-state index contributed by atoms with van der Waals surface area (Å²) >= 11 is 8.80. The highest BCUT2D eigenvalue weighted by Crippen LogP contribution is 2.54. The van der Waals surface area contributed by atoms with Crippen LogP contribution in [0.4, 0.5) is 11.4 Å². The lowest BCUT2D eigenvalue weighted by Gasteiger charge is -2.34. The molecule has 0 bridgehead atoms. The van der Waals surface area contributed by atoms with Crippen LogP contribution in [0.25, 0.3) is 73.0 Å². The quantitative estimate of drug-likeness (QED) is 0.0122. The molecule has 10 nitrogen and oxygen atoms in total. The number of imide groups is 2. The number of anilines is 2. The van der Waals surface area contributed by atoms with Crippen LogP contribution >= 0.6 is 49.9 Å². The van der Waals surface area contributed by atoms with Gasteiger partial charge in [0.15, 0.2) is 0 Å². The number of carbonyl (C=O) groups excluding carboxylic acids is 5. The number of amides is 4. The number of carbonyl (C=O) groups is 5. The van der Waals surface area contributed by atoms with Crippen LogP contribution in [0.15, 0.2) is 131 Å². The third kappa shape index (κ3) is 17.8. The molecule has 0 spiro atoms. The molecule has 0 fully saturated rings. The van der Waals surface area contributed by atoms with Crippen molar-refractivity contribution in [3.8, 4) is 41.4 Å². The van der Waals surface area contributed by atoms with E-state index in [-0.39, 0.29) is 59.9 Å². The third-order valence-corrected chi connectivity index (χ3v) is 27.3. The van der Waals surface area contributed by atoms with E-state index in [1.807, 2.05) is 60.7 Å². The molecule has 0 N–H and O–H groups in total. The van der Waals surface area contributed by atoms with Gasteiger partial charge in [-0.25, -0.2) is 14.6 Å². The zero-order valence-corrected chi connectivity index (χ0v) is 71.7. The Morgan fingerprint density at radius 2 is 0.732 bits per heavy atom. The lowest BCUT2D eigenvalue weighted by atomic mass is 9.78. The summed E-state index contributed by atoms with van der Waals surface area (Å²) in [6.45, 7) is 22.9. The summed E-state index contributed by atoms with van der Waals surface area (Å²) in [5.74, 6) is -0.528. The van der Waals surface area contributed by atoms with Gasteiger partial charge < -0.3 is 14.2 Å². The van der Waals surface area contributed by atoms with Crippen LogP contribution in [0.5, 0.6) is 11.5 Å². The van der Waals surface area contributed by atoms with Crippen molar-refractivity contribution in [2.45, 2.75) is 260 Å². The molecule has 2 aliphatic rings. The lowest BCUT2D eigenvalue weighted by molar-refractivity contribution is 0.0495. The van der Waals surface area contributed by atoms with Gasteiger partial charge in [0, 0.05) is 69.0 Å². The molecule has 0 atom stereocenters. The highest BCUT2D eigenvalue weighted by Gasteiger charge is 2.42. The number of fused-ring (bicyclic) bond motifs is 2. The fourth-order valence-corrected chi connectivity index (χ4v) is 20.8. The third-order valence-electron chi connectivity index (χ3n) is 23.1. The number of para-hydroxylation sites is 2. The van der Waals surface area contributed by atoms with Crippen molar-refractivity contribution in [3.63, 3.8) is 0 Å². The highest BCUT2D eigenvalue weighted by atomic mass is 79.9. The molecular formula is C98H113BrN2O8S3. The zero-order chi connectivity index (χ0) is 78.7. The summed E-state index contributed by atoms with van der Waals surface area (Å²) in [5, 5.41) is 6.36. The highest BCUT2D eigenvalue weighted by molar-refractivity contribution is 9.11. The molecule has 8 aromatic carbocycles. The number of unbranched alkanes of at least 4 members (excludes halogenated alkanes) is 22. The molecule has 0 aliphatic carbocycles. The molecule has 0 saturated carbocycles. The van der Waals surface area contributed by atoms with Crippen molar-refractivity contribution < 1.29 is 38.2 Å². The Balaban J connectivity index is 0.816. The van der Waals surface area contributed by atoms with Crippen molar-refractivity contribution in [1.29, 1.82) is 0 Å². The van der Waals surface area contributed by atoms with Gasteiger partial charge in [-0.15, -0.1) is 34.0 Å². The zero-order valence-electron chi connectivity index (χ0n) is 67.7. The van der Waals surface area contributed by atoms with Gasteiger partial charge in [-0.1, -0.05) is 253 Å². The summed E-state index contributed by atoms with van der Waals surface area (Å²) in [6.07, 6.45) is 29.5. The first-order valence-electron chi connectivity index (χ1n) is 42.2. The van der Waals surface area contributed by atoms with E-state index < -0.39 is 0 Å². The van der Waals surface area contributed by atoms with Crippen LogP contribution < -0.4 is 19.3 Å². The van der Waals surface area contributed by atoms with E-state index in [0.717, 1.165) is 135 Å². The number of aryl methyl sites for hydroxylation is 1. The molecule has 13 rings (SSSR count). The second-order valence-electron chi connectivity index (χ2n) is 32.5. The van der Waals surface area contributed by atoms with Crippen molar-refractivity contribution in [2.24, 2.45) is 0 Å². The lowest BCUT2D eigenvalue weighted by Crippen LogP contribution is -2.42. The summed E-state index contributed by atoms with van der Waals surface area (Å²) < 4.78 is 19.8. The van der Waals surface area contributed by atoms with Crippen molar-refractivity contribution in [1.82, 2.24) is 0 Å². The number of thiophene rings is 3. The Morgan fingerprint density at radius 1 is 0.357 bits per heavy atom. The predicted molar refractivity (Wildman–Crippen MR) is 475 cm³/mol. The Morgan fingerprint density at radius 3 is 1.18 bits per heavy atom. The van der Waals surface area contributed by atoms with Crippen LogP contribution in [0, 0.1) is 0 Å². The number of ether oxygens (including phenoxy) is 3. The van der Waals surface area contributed by atoms with E-state index in [9.17, 15) is 4.79 Å². The minimum absolute atomic E-state index is 0.0116. The van der Waals surface area contributed by atoms with Crippen molar-refractivity contribution >= 4 is 134 Å². The number of rotatable bonds is 42. The topological polar surface area (TPSA) is 120 Å². The molecule has 0 unspecified atom stereocenters. The Labute approximate surface area is 684 Å². The first-order valence-corrected chi connectivity index (χ1v) is 45.5. The van der Waals surface area contributed by atoms with Gasteiger partial charge in [0.05, 0.1) is 40.5 Å². The van der Waals surface area contributed by atoms with E-state index >= 15 is 19.2 Å². The summed E-state index contributed by atoms with van der Waals surface area (Å²) in [4.78, 5) is 86.5. The average Bonchev–Trinajstić information content (AvgIpc) is 0.800. The SMILES string of the molecule is CCCCCCCCCCCCOc1cc(OCCCCCCCCCCCC)cc(C(=O)OCCCCCCCc2cc3c4c(ccc5c6c(-c7ccc(-c8ccc(-c9ccc(Br)s9)s8)s7)cc7c8c(ccc(c2c45)c86)C(=O)N(c2c(C(C)C)cccc2C(C)C)C7=O)C(=O)N(c2c(C(C)C)cccc2C(C)C)C3=O)c1. The molecule has 2 aliphatic heterocycles. The first-order chi connectivity index (χ1) is 54.4. The van der Waals surface area contributed by atoms with E-state index in [1.165, 1.54) is 122 Å². The molecule has 11 aromatic rings. The minimum Gasteiger partial charge on any atom is -0.493 e. The molecule has 588 valence electrons. The Bertz CT molecular complexity index is 5090. The van der Waals surface area contributed by atoms with E-state index in [1.54, 1.807) is 46.1 Å². The fourth-order valence-electron chi connectivity index (χ4n) is 17.2. The normalized spacial score (nSPS) is 13.1. The van der Waals surface area contributed by atoms with Crippen LogP contribution in [-0.4, -0.2) is 49.4 Å². The largest absolute Gasteiger partial charge is 0.493 e. The number of halogens is 1. The molecule has 14 heteroatoms. The maximum Gasteiger partial charge on any atom is 0.338 e. The molecular weight excluding hydrogens is 1510 g/mol. The Kier molecular flexibility index (Phi) is 27.8. The van der Waals surface area contributed by atoms with Crippen LogP contribution in [0.3, 0.4) is 0 Å². The van der Waals surface area contributed by atoms with Gasteiger partial charge in [0.1, 0.15) is 11.5 Å². The van der Waals surface area contributed by atoms with Gasteiger partial charge in [-0.3, -0.25) is 19.2 Å². The first kappa shape index (κ1) is 82.0. The average molecular weight is 1620 g/mol. The van der Waals surface area contributed by atoms with Crippen LogP contribution in [-0.2, 0) is 11.2 Å². The minimum atomic E-state index is -0.389. The molecule has 112 heavy (non-hydrogen) atoms. The van der Waals surface area contributed by atoms with Crippen molar-refractivity contribution in [2.75, 3.05) is 29.6 Å². The Hall–Kier alpha value is -8.01. The number of nitrogens with zero attached hydrogens (tertiary/aromatic N) is 2. The maximum absolute atomic E-state index is 16.2. The van der Waals surface area contributed by atoms with Gasteiger partial charge in [0.2, 0.25) is 0 Å². The summed E-state index contributed by atoms with van der Waals surface area (Å²) in [5.41, 5.74) is 9.09. The second-order valence-corrected chi connectivity index (χ2v) is 37.2. The van der Waals surface area contributed by atoms with Gasteiger partial charge in [-0.05, 0) is 205 Å². The van der Waals surface area contributed by atoms with Gasteiger partial charge in [-0.2, -0.15) is 0 Å². The summed E-state index contributed by atoms with van der Waals surface area (Å²) in [7, 11) is 0. The number of hydrogen-bond acceptors (Lipinski definition) is 11. The monoisotopic (exact) mass is 1620 g/mol. The van der Waals surface area contributed by atoms with E-state index in [0.29, 0.717) is 87.5 Å². The second kappa shape index (κ2) is 38.0. The van der Waals surface area contributed by atoms with Gasteiger partial charge >= 0.3 is 5.97 Å². The van der Waals surface area contributed by atoms with Crippen LogP contribution in [0.2, 0.25) is 0 Å². The molecule has 5 heterocycles. The van der Waals surface area contributed by atoms with Crippen LogP contribution in [0.1, 0.15) is 333 Å². The number of hydrogen-bond donors (Lipinski definition) is 0. The van der Waals surface area contributed by atoms with Gasteiger partial charge in [0.25, 0.3) is 23.6 Å². The van der Waals surface area contributed by atoms with E-state index in [2.05, 4.69) is 140 Å². The van der Waals surface area contributed by atoms with Crippen molar-refractivity contribution in [3.05, 3.63) is 187 Å². The van der Waals surface area contributed by atoms with E-state index in [4.69, 9.17) is 14.2 Å². The number of benzene rings is 8. The molecule has 0 radical (unpaired) electrons. The number of esters is 1. The molecule has 0 saturated heterocycles. The summed E-state index contributed by atoms with van der Waals surface area (Å²) in [6, 6.07) is 42.8. The predicted octanol–water partition coefficient (Wildman–Crippen LogP) is 29.7. The molecule has 3 aromatic heterocycles. The molecule has 4 amide bonds.